The van der Waals surface area contributed by atoms with Gasteiger partial charge in [-0.15, -0.1) is 0 Å². The summed E-state index contributed by atoms with van der Waals surface area (Å²) in [4.78, 5) is 0. The summed E-state index contributed by atoms with van der Waals surface area (Å²) in [5.74, 6) is -0.261. The highest BCUT2D eigenvalue weighted by atomic mass is 19.1. The molecule has 0 amide bonds. The minimum atomic E-state index is -0.261. The molecule has 0 saturated heterocycles. The second-order valence-corrected chi connectivity index (χ2v) is 4.19. The van der Waals surface area contributed by atoms with Gasteiger partial charge in [0.2, 0.25) is 0 Å². The number of nitrogens with one attached hydrogen (secondary N) is 1. The monoisotopic (exact) mass is 240 g/mol. The smallest absolute Gasteiger partial charge is 0.123 e. The van der Waals surface area contributed by atoms with Crippen molar-refractivity contribution in [3.05, 3.63) is 58.9 Å². The number of nitrogens with zero attached hydrogens (tertiary/aromatic N) is 1. The zero-order chi connectivity index (χ0) is 13.1. The average molecular weight is 240 g/mol. The fourth-order valence-electron chi connectivity index (χ4n) is 1.83. The SMILES string of the molecule is Cc1cc(F)ccc1Nc1c(C)cccc1C#N. The molecule has 18 heavy (non-hydrogen) atoms. The quantitative estimate of drug-likeness (QED) is 0.859. The van der Waals surface area contributed by atoms with E-state index in [1.54, 1.807) is 12.1 Å². The van der Waals surface area contributed by atoms with Gasteiger partial charge in [0.25, 0.3) is 0 Å². The maximum absolute atomic E-state index is 13.0. The first-order valence-electron chi connectivity index (χ1n) is 5.64. The average Bonchev–Trinajstić information content (AvgIpc) is 2.34. The summed E-state index contributed by atoms with van der Waals surface area (Å²) >= 11 is 0. The van der Waals surface area contributed by atoms with E-state index in [1.165, 1.54) is 12.1 Å². The largest absolute Gasteiger partial charge is 0.354 e. The summed E-state index contributed by atoms with van der Waals surface area (Å²) in [7, 11) is 0. The zero-order valence-electron chi connectivity index (χ0n) is 10.3. The number of halogens is 1. The van der Waals surface area contributed by atoms with Crippen LogP contribution in [0.1, 0.15) is 16.7 Å². The molecule has 0 aromatic heterocycles. The van der Waals surface area contributed by atoms with Gasteiger partial charge in [-0.2, -0.15) is 5.26 Å². The van der Waals surface area contributed by atoms with Gasteiger partial charge in [0, 0.05) is 5.69 Å². The van der Waals surface area contributed by atoms with Gasteiger partial charge in [0.15, 0.2) is 0 Å². The predicted molar refractivity (Wildman–Crippen MR) is 70.3 cm³/mol. The van der Waals surface area contributed by atoms with E-state index in [9.17, 15) is 4.39 Å². The van der Waals surface area contributed by atoms with E-state index in [0.717, 1.165) is 22.5 Å². The van der Waals surface area contributed by atoms with Gasteiger partial charge in [-0.3, -0.25) is 0 Å². The van der Waals surface area contributed by atoms with Crippen LogP contribution in [0.15, 0.2) is 36.4 Å². The van der Waals surface area contributed by atoms with Crippen LogP contribution in [-0.4, -0.2) is 0 Å². The molecule has 0 saturated carbocycles. The lowest BCUT2D eigenvalue weighted by Gasteiger charge is -2.13. The topological polar surface area (TPSA) is 35.8 Å². The van der Waals surface area contributed by atoms with Crippen molar-refractivity contribution in [2.24, 2.45) is 0 Å². The highest BCUT2D eigenvalue weighted by Crippen LogP contribution is 2.26. The summed E-state index contributed by atoms with van der Waals surface area (Å²) in [6.07, 6.45) is 0. The number of benzene rings is 2. The molecule has 2 rings (SSSR count). The van der Waals surface area contributed by atoms with Gasteiger partial charge in [-0.05, 0) is 49.2 Å². The Morgan fingerprint density at radius 3 is 2.56 bits per heavy atom. The Morgan fingerprint density at radius 1 is 1.11 bits per heavy atom. The molecule has 0 bridgehead atoms. The molecular formula is C15H13FN2. The van der Waals surface area contributed by atoms with E-state index < -0.39 is 0 Å². The van der Waals surface area contributed by atoms with Crippen LogP contribution >= 0.6 is 0 Å². The molecule has 0 aliphatic heterocycles. The summed E-state index contributed by atoms with van der Waals surface area (Å²) in [6.45, 7) is 3.76. The molecule has 2 aromatic rings. The third-order valence-corrected chi connectivity index (χ3v) is 2.84. The van der Waals surface area contributed by atoms with Crippen LogP contribution in [0.3, 0.4) is 0 Å². The molecule has 0 spiro atoms. The number of rotatable bonds is 2. The van der Waals surface area contributed by atoms with Crippen molar-refractivity contribution in [3.8, 4) is 6.07 Å². The number of hydrogen-bond donors (Lipinski definition) is 1. The molecule has 0 atom stereocenters. The van der Waals surface area contributed by atoms with Crippen molar-refractivity contribution in [2.45, 2.75) is 13.8 Å². The normalized spacial score (nSPS) is 9.89. The van der Waals surface area contributed by atoms with Gasteiger partial charge in [-0.25, -0.2) is 4.39 Å². The van der Waals surface area contributed by atoms with Crippen LogP contribution in [0.25, 0.3) is 0 Å². The Morgan fingerprint density at radius 2 is 1.89 bits per heavy atom. The minimum Gasteiger partial charge on any atom is -0.354 e. The lowest BCUT2D eigenvalue weighted by Crippen LogP contribution is -1.98. The predicted octanol–water partition coefficient (Wildman–Crippen LogP) is 4.06. The van der Waals surface area contributed by atoms with Crippen LogP contribution in [0.4, 0.5) is 15.8 Å². The van der Waals surface area contributed by atoms with Gasteiger partial charge >= 0.3 is 0 Å². The van der Waals surface area contributed by atoms with E-state index >= 15 is 0 Å². The van der Waals surface area contributed by atoms with E-state index in [2.05, 4.69) is 11.4 Å². The number of nitriles is 1. The van der Waals surface area contributed by atoms with E-state index in [0.29, 0.717) is 5.56 Å². The third-order valence-electron chi connectivity index (χ3n) is 2.84. The molecule has 2 aromatic carbocycles. The fraction of sp³-hybridized carbons (Fsp3) is 0.133. The maximum Gasteiger partial charge on any atom is 0.123 e. The van der Waals surface area contributed by atoms with Crippen LogP contribution < -0.4 is 5.32 Å². The minimum absolute atomic E-state index is 0.261. The number of aryl methyl sites for hydroxylation is 2. The standard InChI is InChI=1S/C15H13FN2/c1-10-4-3-5-12(9-17)15(10)18-14-7-6-13(16)8-11(14)2/h3-8,18H,1-2H3. The molecule has 0 aliphatic rings. The molecule has 0 heterocycles. The van der Waals surface area contributed by atoms with E-state index in [1.807, 2.05) is 26.0 Å². The van der Waals surface area contributed by atoms with Gasteiger partial charge in [0.05, 0.1) is 11.3 Å². The van der Waals surface area contributed by atoms with Crippen LogP contribution in [0, 0.1) is 31.0 Å². The lowest BCUT2D eigenvalue weighted by molar-refractivity contribution is 0.627. The number of anilines is 2. The number of hydrogen-bond acceptors (Lipinski definition) is 2. The van der Waals surface area contributed by atoms with E-state index in [4.69, 9.17) is 5.26 Å². The molecular weight excluding hydrogens is 227 g/mol. The zero-order valence-corrected chi connectivity index (χ0v) is 10.3. The van der Waals surface area contributed by atoms with Gasteiger partial charge in [-0.1, -0.05) is 12.1 Å². The van der Waals surface area contributed by atoms with Gasteiger partial charge < -0.3 is 5.32 Å². The molecule has 90 valence electrons. The first-order chi connectivity index (χ1) is 8.61. The fourth-order valence-corrected chi connectivity index (χ4v) is 1.83. The van der Waals surface area contributed by atoms with Crippen molar-refractivity contribution in [3.63, 3.8) is 0 Å². The number of para-hydroxylation sites is 1. The summed E-state index contributed by atoms with van der Waals surface area (Å²) in [5.41, 5.74) is 3.95. The van der Waals surface area contributed by atoms with Crippen molar-refractivity contribution >= 4 is 11.4 Å². The Bertz CT molecular complexity index is 627. The molecule has 3 heteroatoms. The summed E-state index contributed by atoms with van der Waals surface area (Å²) in [5, 5.41) is 12.3. The maximum atomic E-state index is 13.0. The van der Waals surface area contributed by atoms with Crippen LogP contribution in [-0.2, 0) is 0 Å². The first kappa shape index (κ1) is 12.1. The second kappa shape index (κ2) is 4.89. The highest BCUT2D eigenvalue weighted by molar-refractivity contribution is 5.71. The molecule has 0 unspecified atom stereocenters. The molecule has 0 fully saturated rings. The lowest BCUT2D eigenvalue weighted by atomic mass is 10.1. The Balaban J connectivity index is 2.43. The van der Waals surface area contributed by atoms with Crippen LogP contribution in [0.2, 0.25) is 0 Å². The molecule has 0 radical (unpaired) electrons. The Kier molecular flexibility index (Phi) is 3.29. The van der Waals surface area contributed by atoms with Crippen molar-refractivity contribution in [1.82, 2.24) is 0 Å². The van der Waals surface area contributed by atoms with E-state index in [-0.39, 0.29) is 5.82 Å². The Hall–Kier alpha value is -2.34. The summed E-state index contributed by atoms with van der Waals surface area (Å²) in [6, 6.07) is 12.2. The molecule has 1 N–H and O–H groups in total. The summed E-state index contributed by atoms with van der Waals surface area (Å²) < 4.78 is 13.0. The molecule has 0 aliphatic carbocycles. The molecule has 2 nitrogen and oxygen atoms in total. The highest BCUT2D eigenvalue weighted by Gasteiger charge is 2.07. The second-order valence-electron chi connectivity index (χ2n) is 4.19. The third kappa shape index (κ3) is 2.33. The van der Waals surface area contributed by atoms with Gasteiger partial charge in [0.1, 0.15) is 11.9 Å². The Labute approximate surface area is 106 Å². The van der Waals surface area contributed by atoms with Crippen molar-refractivity contribution in [1.29, 1.82) is 5.26 Å². The van der Waals surface area contributed by atoms with Crippen LogP contribution in [0.5, 0.6) is 0 Å². The van der Waals surface area contributed by atoms with Crippen molar-refractivity contribution < 1.29 is 4.39 Å². The van der Waals surface area contributed by atoms with Crippen molar-refractivity contribution in [2.75, 3.05) is 5.32 Å². The first-order valence-corrected chi connectivity index (χ1v) is 5.64.